The predicted octanol–water partition coefficient (Wildman–Crippen LogP) is 4.17. The summed E-state index contributed by atoms with van der Waals surface area (Å²) in [5, 5.41) is 3.47. The molecule has 184 valence electrons. The molecule has 0 saturated carbocycles. The van der Waals surface area contributed by atoms with E-state index in [-0.39, 0.29) is 24.4 Å². The highest BCUT2D eigenvalue weighted by atomic mass is 16.5. The van der Waals surface area contributed by atoms with Crippen molar-refractivity contribution in [2.45, 2.75) is 76.1 Å². The number of furan rings is 1. The zero-order chi connectivity index (χ0) is 24.5. The molecule has 0 bridgehead atoms. The first-order valence-electron chi connectivity index (χ1n) is 12.2. The second-order valence-corrected chi connectivity index (χ2v) is 10.1. The van der Waals surface area contributed by atoms with Crippen molar-refractivity contribution in [3.05, 3.63) is 53.9 Å². The lowest BCUT2D eigenvalue weighted by atomic mass is 9.64. The number of amides is 2. The van der Waals surface area contributed by atoms with Crippen molar-refractivity contribution in [2.75, 3.05) is 19.7 Å². The third-order valence-electron chi connectivity index (χ3n) is 7.57. The van der Waals surface area contributed by atoms with E-state index in [0.717, 1.165) is 31.4 Å². The Hall–Kier alpha value is -2.74. The fourth-order valence-electron chi connectivity index (χ4n) is 6.04. The maximum absolute atomic E-state index is 14.1. The minimum atomic E-state index is -1.39. The van der Waals surface area contributed by atoms with Gasteiger partial charge in [0, 0.05) is 25.4 Å². The fraction of sp³-hybridized carbons (Fsp3) is 0.615. The number of ether oxygens (including phenoxy) is 1. The molecule has 2 amide bonds. The zero-order valence-corrected chi connectivity index (χ0v) is 20.2. The average Bonchev–Trinajstić information content (AvgIpc) is 3.48. The summed E-state index contributed by atoms with van der Waals surface area (Å²) in [6.07, 6.45) is 9.49. The number of hydrogen-bond donors (Lipinski definition) is 0. The van der Waals surface area contributed by atoms with Crippen LogP contribution in [0.4, 0.5) is 0 Å². The van der Waals surface area contributed by atoms with E-state index in [1.165, 1.54) is 0 Å². The minimum absolute atomic E-state index is 0.202. The number of unbranched alkanes of at least 4 members (excludes halogenated alkanes) is 2. The van der Waals surface area contributed by atoms with Gasteiger partial charge in [-0.25, -0.2) is 0 Å². The smallest absolute Gasteiger partial charge is 0.241 e. The molecular formula is C26H35N3O5. The van der Waals surface area contributed by atoms with Gasteiger partial charge in [0.25, 0.3) is 0 Å². The number of nitroso groups, excluding NO2 is 1. The largest absolute Gasteiger partial charge is 0.469 e. The van der Waals surface area contributed by atoms with Crippen molar-refractivity contribution in [3.63, 3.8) is 0 Å². The molecule has 3 aliphatic heterocycles. The molecule has 1 aromatic heterocycles. The highest BCUT2D eigenvalue weighted by Gasteiger charge is 2.69. The Morgan fingerprint density at radius 1 is 1.18 bits per heavy atom. The molecule has 1 spiro atoms. The molecule has 8 heteroatoms. The van der Waals surface area contributed by atoms with Crippen LogP contribution in [0.5, 0.6) is 0 Å². The number of allylic oxidation sites excluding steroid dienone is 2. The van der Waals surface area contributed by atoms with Crippen LogP contribution in [0.15, 0.2) is 47.2 Å². The third-order valence-corrected chi connectivity index (χ3v) is 7.57. The van der Waals surface area contributed by atoms with Crippen molar-refractivity contribution in [3.8, 4) is 0 Å². The molecule has 0 aromatic carbocycles. The molecule has 8 nitrogen and oxygen atoms in total. The molecule has 4 heterocycles. The van der Waals surface area contributed by atoms with Crippen molar-refractivity contribution in [2.24, 2.45) is 10.6 Å². The lowest BCUT2D eigenvalue weighted by Gasteiger charge is -2.46. The van der Waals surface area contributed by atoms with Crippen LogP contribution >= 0.6 is 0 Å². The van der Waals surface area contributed by atoms with Crippen LogP contribution in [-0.4, -0.2) is 59.1 Å². The second-order valence-electron chi connectivity index (χ2n) is 10.1. The molecular weight excluding hydrogens is 434 g/mol. The number of carbonyl (C=O) groups is 2. The number of aryl methyl sites for hydroxylation is 1. The summed E-state index contributed by atoms with van der Waals surface area (Å²) in [5.74, 6) is -0.408. The van der Waals surface area contributed by atoms with Crippen LogP contribution < -0.4 is 0 Å². The molecule has 0 aliphatic carbocycles. The molecule has 3 fully saturated rings. The van der Waals surface area contributed by atoms with Crippen LogP contribution in [-0.2, 0) is 20.7 Å². The van der Waals surface area contributed by atoms with Crippen molar-refractivity contribution >= 4 is 11.8 Å². The Balaban J connectivity index is 1.74. The Kier molecular flexibility index (Phi) is 6.80. The van der Waals surface area contributed by atoms with Crippen LogP contribution in [0.1, 0.15) is 63.2 Å². The molecule has 1 aromatic rings. The summed E-state index contributed by atoms with van der Waals surface area (Å²) in [5.41, 5.74) is -1.50. The molecule has 3 saturated heterocycles. The van der Waals surface area contributed by atoms with Gasteiger partial charge < -0.3 is 19.0 Å². The van der Waals surface area contributed by atoms with Crippen LogP contribution in [0.3, 0.4) is 0 Å². The first kappa shape index (κ1) is 24.4. The van der Waals surface area contributed by atoms with E-state index in [4.69, 9.17) is 9.15 Å². The van der Waals surface area contributed by atoms with E-state index in [9.17, 15) is 14.5 Å². The highest BCUT2D eigenvalue weighted by Crippen LogP contribution is 2.56. The Bertz CT molecular complexity index is 969. The number of likely N-dealkylation sites (tertiary alicyclic amines) is 1. The molecule has 4 atom stereocenters. The summed E-state index contributed by atoms with van der Waals surface area (Å²) in [4.78, 5) is 43.8. The summed E-state index contributed by atoms with van der Waals surface area (Å²) >= 11 is 0. The number of piperidine rings is 1. The van der Waals surface area contributed by atoms with E-state index in [2.05, 4.69) is 18.3 Å². The molecule has 3 aliphatic rings. The van der Waals surface area contributed by atoms with Gasteiger partial charge in [0.05, 0.1) is 18.9 Å². The van der Waals surface area contributed by atoms with E-state index in [1.54, 1.807) is 16.1 Å². The van der Waals surface area contributed by atoms with Crippen molar-refractivity contribution in [1.29, 1.82) is 0 Å². The van der Waals surface area contributed by atoms with Crippen LogP contribution in [0.2, 0.25) is 0 Å². The maximum atomic E-state index is 14.1. The number of carbonyl (C=O) groups excluding carboxylic acids is 2. The highest BCUT2D eigenvalue weighted by molar-refractivity contribution is 6.09. The van der Waals surface area contributed by atoms with Gasteiger partial charge in [-0.1, -0.05) is 17.3 Å². The summed E-state index contributed by atoms with van der Waals surface area (Å²) in [7, 11) is 0. The molecule has 0 N–H and O–H groups in total. The zero-order valence-electron chi connectivity index (χ0n) is 20.2. The van der Waals surface area contributed by atoms with Crippen molar-refractivity contribution in [1.82, 2.24) is 9.80 Å². The summed E-state index contributed by atoms with van der Waals surface area (Å²) in [6, 6.07) is 0.920. The van der Waals surface area contributed by atoms with E-state index >= 15 is 0 Å². The number of fused-ring (bicyclic) bond motifs is 1. The lowest BCUT2D eigenvalue weighted by Crippen LogP contribution is -2.62. The summed E-state index contributed by atoms with van der Waals surface area (Å²) < 4.78 is 11.6. The predicted molar refractivity (Wildman–Crippen MR) is 128 cm³/mol. The van der Waals surface area contributed by atoms with Crippen LogP contribution in [0.25, 0.3) is 0 Å². The SMILES string of the molecule is C=CCCCCN1CC(N=O)[C@@H](c2coc(CCC=C)c2)[C@]2(CC3COC(C)(C)N3C2=O)C1=O. The van der Waals surface area contributed by atoms with Gasteiger partial charge in [0.15, 0.2) is 0 Å². The van der Waals surface area contributed by atoms with Crippen molar-refractivity contribution < 1.29 is 18.7 Å². The number of rotatable bonds is 10. The fourth-order valence-corrected chi connectivity index (χ4v) is 6.04. The van der Waals surface area contributed by atoms with E-state index in [0.29, 0.717) is 31.6 Å². The van der Waals surface area contributed by atoms with Gasteiger partial charge in [-0.05, 0) is 57.6 Å². The van der Waals surface area contributed by atoms with E-state index < -0.39 is 23.1 Å². The first-order valence-corrected chi connectivity index (χ1v) is 12.2. The normalized spacial score (nSPS) is 30.1. The first-order chi connectivity index (χ1) is 16.3. The Morgan fingerprint density at radius 2 is 1.94 bits per heavy atom. The molecule has 0 radical (unpaired) electrons. The third kappa shape index (κ3) is 3.91. The quantitative estimate of drug-likeness (QED) is 0.222. The van der Waals surface area contributed by atoms with Gasteiger partial charge in [-0.3, -0.25) is 9.59 Å². The molecule has 4 rings (SSSR count). The molecule has 34 heavy (non-hydrogen) atoms. The number of nitrogens with zero attached hydrogens (tertiary/aromatic N) is 3. The lowest BCUT2D eigenvalue weighted by molar-refractivity contribution is -0.164. The monoisotopic (exact) mass is 469 g/mol. The number of hydrogen-bond acceptors (Lipinski definition) is 6. The Labute approximate surface area is 201 Å². The summed E-state index contributed by atoms with van der Waals surface area (Å²) in [6.45, 7) is 12.3. The Morgan fingerprint density at radius 3 is 2.62 bits per heavy atom. The second kappa shape index (κ2) is 9.49. The average molecular weight is 470 g/mol. The van der Waals surface area contributed by atoms with Gasteiger partial charge in [-0.15, -0.1) is 13.2 Å². The topological polar surface area (TPSA) is 92.4 Å². The van der Waals surface area contributed by atoms with Gasteiger partial charge in [0.2, 0.25) is 11.8 Å². The standard InChI is InChI=1S/C26H35N3O5/c1-5-7-9-10-12-28-15-21(27-32)22(18-13-20(33-16-18)11-8-6-2)26(23(28)30)14-19-17-34-25(3,4)29(19)24(26)31/h5-6,13,16,19,21-22H,1-2,7-12,14-15,17H2,3-4H3/t19?,21?,22-,26-/m1/s1. The van der Waals surface area contributed by atoms with Gasteiger partial charge in [0.1, 0.15) is 22.9 Å². The van der Waals surface area contributed by atoms with Gasteiger partial charge >= 0.3 is 0 Å². The van der Waals surface area contributed by atoms with Gasteiger partial charge in [-0.2, -0.15) is 4.91 Å². The van der Waals surface area contributed by atoms with Crippen LogP contribution in [0, 0.1) is 10.3 Å². The molecule has 2 unspecified atom stereocenters. The maximum Gasteiger partial charge on any atom is 0.241 e. The van der Waals surface area contributed by atoms with E-state index in [1.807, 2.05) is 32.1 Å². The minimum Gasteiger partial charge on any atom is -0.469 e.